The Morgan fingerprint density at radius 1 is 1.26 bits per heavy atom. The lowest BCUT2D eigenvalue weighted by Crippen LogP contribution is -2.41. The normalized spacial score (nSPS) is 15.3. The summed E-state index contributed by atoms with van der Waals surface area (Å²) in [6.07, 6.45) is 5.29. The lowest BCUT2D eigenvalue weighted by Gasteiger charge is -2.22. The van der Waals surface area contributed by atoms with Gasteiger partial charge in [0.25, 0.3) is 0 Å². The van der Waals surface area contributed by atoms with Crippen molar-refractivity contribution in [3.05, 3.63) is 5.01 Å². The van der Waals surface area contributed by atoms with Crippen LogP contribution in [0, 0.1) is 5.92 Å². The van der Waals surface area contributed by atoms with Crippen LogP contribution in [0.25, 0.3) is 0 Å². The molecule has 1 heterocycles. The largest absolute Gasteiger partial charge is 0.461 e. The van der Waals surface area contributed by atoms with Gasteiger partial charge >= 0.3 is 12.0 Å². The highest BCUT2D eigenvalue weighted by Crippen LogP contribution is 2.42. The average Bonchev–Trinajstić information content (AvgIpc) is 3.10. The van der Waals surface area contributed by atoms with Gasteiger partial charge in [-0.15, -0.1) is 10.2 Å². The molecule has 0 radical (unpaired) electrons. The summed E-state index contributed by atoms with van der Waals surface area (Å²) >= 11 is 1.01. The number of anilines is 1. The first kappa shape index (κ1) is 17.7. The molecule has 1 aromatic heterocycles. The summed E-state index contributed by atoms with van der Waals surface area (Å²) in [7, 11) is 0. The molecule has 128 valence electrons. The molecule has 7 nitrogen and oxygen atoms in total. The fourth-order valence-electron chi connectivity index (χ4n) is 2.58. The van der Waals surface area contributed by atoms with E-state index in [2.05, 4.69) is 34.7 Å². The topological polar surface area (TPSA) is 93.2 Å². The molecule has 23 heavy (non-hydrogen) atoms. The van der Waals surface area contributed by atoms with Crippen LogP contribution in [0.15, 0.2) is 0 Å². The third-order valence-corrected chi connectivity index (χ3v) is 4.98. The maximum absolute atomic E-state index is 12.1. The van der Waals surface area contributed by atoms with E-state index in [-0.39, 0.29) is 23.2 Å². The highest BCUT2D eigenvalue weighted by molar-refractivity contribution is 7.17. The summed E-state index contributed by atoms with van der Waals surface area (Å²) in [6, 6.07) is -0.292. The van der Waals surface area contributed by atoms with Crippen molar-refractivity contribution in [3.63, 3.8) is 0 Å². The van der Waals surface area contributed by atoms with E-state index in [1.807, 2.05) is 0 Å². The lowest BCUT2D eigenvalue weighted by atomic mass is 9.93. The van der Waals surface area contributed by atoms with Crippen LogP contribution in [0.1, 0.15) is 62.7 Å². The highest BCUT2D eigenvalue weighted by atomic mass is 32.1. The Kier molecular flexibility index (Phi) is 5.92. The molecule has 1 aromatic rings. The zero-order valence-electron chi connectivity index (χ0n) is 13.8. The Labute approximate surface area is 140 Å². The summed E-state index contributed by atoms with van der Waals surface area (Å²) in [5, 5.41) is 13.7. The first-order chi connectivity index (χ1) is 11.0. The number of nitrogens with zero attached hydrogens (tertiary/aromatic N) is 2. The van der Waals surface area contributed by atoms with E-state index in [1.165, 1.54) is 0 Å². The second-order valence-corrected chi connectivity index (χ2v) is 6.86. The second kappa shape index (κ2) is 7.72. The zero-order valence-corrected chi connectivity index (χ0v) is 14.7. The molecule has 0 saturated heterocycles. The molecule has 0 aliphatic heterocycles. The molecule has 2 rings (SSSR count). The predicted molar refractivity (Wildman–Crippen MR) is 88.7 cm³/mol. The Bertz CT molecular complexity index is 553. The van der Waals surface area contributed by atoms with E-state index in [4.69, 9.17) is 4.74 Å². The van der Waals surface area contributed by atoms with Crippen LogP contribution in [0.3, 0.4) is 0 Å². The molecule has 0 unspecified atom stereocenters. The number of amides is 2. The zero-order chi connectivity index (χ0) is 16.9. The quantitative estimate of drug-likeness (QED) is 0.709. The molecule has 1 saturated carbocycles. The summed E-state index contributed by atoms with van der Waals surface area (Å²) in [5.41, 5.74) is -0.0740. The maximum Gasteiger partial charge on any atom is 0.369 e. The minimum absolute atomic E-state index is 0.0740. The van der Waals surface area contributed by atoms with Gasteiger partial charge in [0.15, 0.2) is 0 Å². The monoisotopic (exact) mass is 340 g/mol. The number of urea groups is 1. The van der Waals surface area contributed by atoms with E-state index in [0.717, 1.165) is 43.4 Å². The average molecular weight is 340 g/mol. The molecule has 0 aromatic carbocycles. The molecule has 1 aliphatic carbocycles. The van der Waals surface area contributed by atoms with Crippen LogP contribution in [0.4, 0.5) is 9.93 Å². The molecule has 2 N–H and O–H groups in total. The molecule has 8 heteroatoms. The SMILES string of the molecule is CCOC(=O)c1nnc(NC(=O)NC2(CC(CC)CC)CC2)s1. The molecule has 0 atom stereocenters. The van der Waals surface area contributed by atoms with Crippen molar-refractivity contribution in [3.8, 4) is 0 Å². The Morgan fingerprint density at radius 3 is 2.52 bits per heavy atom. The van der Waals surface area contributed by atoms with Crippen molar-refractivity contribution in [2.75, 3.05) is 11.9 Å². The molecule has 2 amide bonds. The van der Waals surface area contributed by atoms with Gasteiger partial charge in [0.1, 0.15) is 0 Å². The number of nitrogens with one attached hydrogen (secondary N) is 2. The Balaban J connectivity index is 1.86. The van der Waals surface area contributed by atoms with E-state index < -0.39 is 5.97 Å². The number of carbonyl (C=O) groups is 2. The van der Waals surface area contributed by atoms with E-state index in [1.54, 1.807) is 6.92 Å². The van der Waals surface area contributed by atoms with Gasteiger partial charge in [-0.3, -0.25) is 5.32 Å². The summed E-state index contributed by atoms with van der Waals surface area (Å²) in [4.78, 5) is 23.7. The molecule has 0 bridgehead atoms. The summed E-state index contributed by atoms with van der Waals surface area (Å²) in [6.45, 7) is 6.37. The third-order valence-electron chi connectivity index (χ3n) is 4.16. The lowest BCUT2D eigenvalue weighted by molar-refractivity contribution is 0.0525. The highest BCUT2D eigenvalue weighted by Gasteiger charge is 2.45. The standard InChI is InChI=1S/C15H24N4O3S/c1-4-10(5-2)9-15(7-8-15)17-13(21)16-14-19-18-11(23-14)12(20)22-6-3/h10H,4-9H2,1-3H3,(H2,16,17,19,21). The number of aromatic nitrogens is 2. The van der Waals surface area contributed by atoms with E-state index in [0.29, 0.717) is 11.0 Å². The summed E-state index contributed by atoms with van der Waals surface area (Å²) in [5.74, 6) is 0.112. The van der Waals surface area contributed by atoms with Crippen LogP contribution >= 0.6 is 11.3 Å². The van der Waals surface area contributed by atoms with Crippen LogP contribution in [0.2, 0.25) is 0 Å². The Hall–Kier alpha value is -1.70. The van der Waals surface area contributed by atoms with Gasteiger partial charge in [-0.25, -0.2) is 9.59 Å². The van der Waals surface area contributed by atoms with Gasteiger partial charge in [0.05, 0.1) is 6.61 Å². The first-order valence-corrected chi connectivity index (χ1v) is 8.93. The third kappa shape index (κ3) is 4.89. The van der Waals surface area contributed by atoms with Crippen molar-refractivity contribution >= 4 is 28.5 Å². The van der Waals surface area contributed by atoms with Crippen LogP contribution < -0.4 is 10.6 Å². The van der Waals surface area contributed by atoms with Gasteiger partial charge < -0.3 is 10.1 Å². The molecular formula is C15H24N4O3S. The first-order valence-electron chi connectivity index (χ1n) is 8.11. The molecule has 0 spiro atoms. The van der Waals surface area contributed by atoms with Crippen LogP contribution in [-0.4, -0.2) is 34.3 Å². The van der Waals surface area contributed by atoms with Crippen molar-refractivity contribution in [1.82, 2.24) is 15.5 Å². The van der Waals surface area contributed by atoms with Gasteiger partial charge in [0.2, 0.25) is 10.1 Å². The number of ether oxygens (including phenoxy) is 1. The number of hydrogen-bond acceptors (Lipinski definition) is 6. The van der Waals surface area contributed by atoms with Crippen molar-refractivity contribution in [1.29, 1.82) is 0 Å². The minimum Gasteiger partial charge on any atom is -0.461 e. The minimum atomic E-state index is -0.522. The fraction of sp³-hybridized carbons (Fsp3) is 0.733. The second-order valence-electron chi connectivity index (χ2n) is 5.88. The van der Waals surface area contributed by atoms with Crippen molar-refractivity contribution < 1.29 is 14.3 Å². The number of rotatable bonds is 8. The number of esters is 1. The smallest absolute Gasteiger partial charge is 0.369 e. The predicted octanol–water partition coefficient (Wildman–Crippen LogP) is 3.20. The van der Waals surface area contributed by atoms with Crippen molar-refractivity contribution in [2.45, 2.75) is 58.4 Å². The summed E-state index contributed by atoms with van der Waals surface area (Å²) < 4.78 is 4.85. The van der Waals surface area contributed by atoms with Gasteiger partial charge in [-0.05, 0) is 32.1 Å². The Morgan fingerprint density at radius 2 is 1.96 bits per heavy atom. The number of hydrogen-bond donors (Lipinski definition) is 2. The molecule has 1 fully saturated rings. The van der Waals surface area contributed by atoms with Crippen LogP contribution in [0.5, 0.6) is 0 Å². The van der Waals surface area contributed by atoms with Gasteiger partial charge in [-0.1, -0.05) is 38.0 Å². The number of carbonyl (C=O) groups excluding carboxylic acids is 2. The van der Waals surface area contributed by atoms with Gasteiger partial charge in [0, 0.05) is 5.54 Å². The fourth-order valence-corrected chi connectivity index (χ4v) is 3.21. The van der Waals surface area contributed by atoms with E-state index in [9.17, 15) is 9.59 Å². The van der Waals surface area contributed by atoms with E-state index >= 15 is 0 Å². The molecular weight excluding hydrogens is 316 g/mol. The van der Waals surface area contributed by atoms with Crippen LogP contribution in [-0.2, 0) is 4.74 Å². The van der Waals surface area contributed by atoms with Crippen molar-refractivity contribution in [2.24, 2.45) is 5.92 Å². The maximum atomic E-state index is 12.1. The van der Waals surface area contributed by atoms with Gasteiger partial charge in [-0.2, -0.15) is 0 Å². The molecule has 1 aliphatic rings.